The molecule has 3 nitrogen and oxygen atoms in total. The maximum Gasteiger partial charge on any atom is 0.254 e. The van der Waals surface area contributed by atoms with Crippen LogP contribution in [0.1, 0.15) is 21.5 Å². The van der Waals surface area contributed by atoms with E-state index in [1.165, 1.54) is 12.1 Å². The van der Waals surface area contributed by atoms with E-state index < -0.39 is 11.7 Å². The normalized spacial score (nSPS) is 10.2. The van der Waals surface area contributed by atoms with Crippen molar-refractivity contribution in [1.82, 2.24) is 5.32 Å². The van der Waals surface area contributed by atoms with Crippen LogP contribution in [0.2, 0.25) is 0 Å². The van der Waals surface area contributed by atoms with Crippen LogP contribution in [0.3, 0.4) is 0 Å². The number of rotatable bonds is 3. The molecule has 2 aromatic carbocycles. The minimum atomic E-state index is -0.524. The standard InChI is InChI=1S/C15H15FN2O/c1-10-11(5-4-8-14(10)17)9-18-15(19)12-6-2-3-7-13(12)16/h2-8H,9,17H2,1H3,(H,18,19). The van der Waals surface area contributed by atoms with Gasteiger partial charge in [0.05, 0.1) is 5.56 Å². The first-order valence-corrected chi connectivity index (χ1v) is 5.96. The van der Waals surface area contributed by atoms with Crippen molar-refractivity contribution in [2.45, 2.75) is 13.5 Å². The molecule has 0 aliphatic rings. The Labute approximate surface area is 111 Å². The lowest BCUT2D eigenvalue weighted by atomic mass is 10.1. The summed E-state index contributed by atoms with van der Waals surface area (Å²) in [6.07, 6.45) is 0. The van der Waals surface area contributed by atoms with E-state index in [9.17, 15) is 9.18 Å². The zero-order chi connectivity index (χ0) is 13.8. The van der Waals surface area contributed by atoms with Crippen molar-refractivity contribution in [2.24, 2.45) is 0 Å². The largest absolute Gasteiger partial charge is 0.399 e. The zero-order valence-corrected chi connectivity index (χ0v) is 10.6. The summed E-state index contributed by atoms with van der Waals surface area (Å²) in [6, 6.07) is 11.4. The van der Waals surface area contributed by atoms with Gasteiger partial charge >= 0.3 is 0 Å². The first-order valence-electron chi connectivity index (χ1n) is 5.96. The molecule has 0 fully saturated rings. The lowest BCUT2D eigenvalue weighted by Crippen LogP contribution is -2.24. The fourth-order valence-corrected chi connectivity index (χ4v) is 1.81. The predicted molar refractivity (Wildman–Crippen MR) is 73.2 cm³/mol. The number of amides is 1. The van der Waals surface area contributed by atoms with Crippen LogP contribution in [0.25, 0.3) is 0 Å². The summed E-state index contributed by atoms with van der Waals surface area (Å²) in [7, 11) is 0. The number of anilines is 1. The smallest absolute Gasteiger partial charge is 0.254 e. The molecule has 0 saturated carbocycles. The van der Waals surface area contributed by atoms with Crippen molar-refractivity contribution in [2.75, 3.05) is 5.73 Å². The molecule has 0 bridgehead atoms. The number of carbonyl (C=O) groups excluding carboxylic acids is 1. The summed E-state index contributed by atoms with van der Waals surface area (Å²) >= 11 is 0. The molecule has 0 aliphatic heterocycles. The lowest BCUT2D eigenvalue weighted by molar-refractivity contribution is 0.0947. The van der Waals surface area contributed by atoms with Crippen LogP contribution >= 0.6 is 0 Å². The molecule has 0 heterocycles. The molecular formula is C15H15FN2O. The molecule has 1 amide bonds. The Hall–Kier alpha value is -2.36. The van der Waals surface area contributed by atoms with Gasteiger partial charge in [-0.1, -0.05) is 24.3 Å². The van der Waals surface area contributed by atoms with Gasteiger partial charge in [0.25, 0.3) is 5.91 Å². The van der Waals surface area contributed by atoms with Crippen molar-refractivity contribution >= 4 is 11.6 Å². The van der Waals surface area contributed by atoms with E-state index in [-0.39, 0.29) is 5.56 Å². The third kappa shape index (κ3) is 2.91. The van der Waals surface area contributed by atoms with Gasteiger partial charge in [-0.15, -0.1) is 0 Å². The topological polar surface area (TPSA) is 55.1 Å². The Bertz CT molecular complexity index is 611. The molecule has 0 unspecified atom stereocenters. The van der Waals surface area contributed by atoms with E-state index in [4.69, 9.17) is 5.73 Å². The molecule has 2 aromatic rings. The molecule has 4 heteroatoms. The van der Waals surface area contributed by atoms with Gasteiger partial charge in [-0.25, -0.2) is 4.39 Å². The highest BCUT2D eigenvalue weighted by molar-refractivity contribution is 5.94. The Morgan fingerprint density at radius 3 is 2.68 bits per heavy atom. The number of nitrogen functional groups attached to an aromatic ring is 1. The second kappa shape index (κ2) is 5.52. The van der Waals surface area contributed by atoms with Crippen LogP contribution in [-0.2, 0) is 6.54 Å². The maximum atomic E-state index is 13.4. The Kier molecular flexibility index (Phi) is 3.80. The quantitative estimate of drug-likeness (QED) is 0.831. The van der Waals surface area contributed by atoms with Crippen LogP contribution in [0.5, 0.6) is 0 Å². The minimum Gasteiger partial charge on any atom is -0.399 e. The van der Waals surface area contributed by atoms with E-state index in [1.807, 2.05) is 19.1 Å². The van der Waals surface area contributed by atoms with Crippen molar-refractivity contribution in [1.29, 1.82) is 0 Å². The molecule has 98 valence electrons. The fraction of sp³-hybridized carbons (Fsp3) is 0.133. The summed E-state index contributed by atoms with van der Waals surface area (Å²) in [5, 5.41) is 2.69. The number of carbonyl (C=O) groups is 1. The van der Waals surface area contributed by atoms with Gasteiger partial charge in [-0.05, 0) is 36.2 Å². The van der Waals surface area contributed by atoms with Gasteiger partial charge in [-0.2, -0.15) is 0 Å². The minimum absolute atomic E-state index is 0.0454. The molecule has 19 heavy (non-hydrogen) atoms. The monoisotopic (exact) mass is 258 g/mol. The highest BCUT2D eigenvalue weighted by Crippen LogP contribution is 2.15. The number of nitrogens with two attached hydrogens (primary N) is 1. The molecule has 0 saturated heterocycles. The summed E-state index contributed by atoms with van der Waals surface area (Å²) < 4.78 is 13.4. The average molecular weight is 258 g/mol. The van der Waals surface area contributed by atoms with Crippen LogP contribution in [0.15, 0.2) is 42.5 Å². The van der Waals surface area contributed by atoms with Gasteiger partial charge < -0.3 is 11.1 Å². The van der Waals surface area contributed by atoms with Crippen LogP contribution in [0, 0.1) is 12.7 Å². The molecule has 0 atom stereocenters. The van der Waals surface area contributed by atoms with E-state index in [0.29, 0.717) is 12.2 Å². The third-order valence-electron chi connectivity index (χ3n) is 3.05. The zero-order valence-electron chi connectivity index (χ0n) is 10.6. The third-order valence-corrected chi connectivity index (χ3v) is 3.05. The van der Waals surface area contributed by atoms with Crippen LogP contribution in [0.4, 0.5) is 10.1 Å². The summed E-state index contributed by atoms with van der Waals surface area (Å²) in [6.45, 7) is 2.21. The van der Waals surface area contributed by atoms with Crippen LogP contribution in [-0.4, -0.2) is 5.91 Å². The molecule has 0 spiro atoms. The number of nitrogens with one attached hydrogen (secondary N) is 1. The van der Waals surface area contributed by atoms with Gasteiger partial charge in [0.2, 0.25) is 0 Å². The first kappa shape index (κ1) is 13.1. The second-order valence-corrected chi connectivity index (χ2v) is 4.29. The number of hydrogen-bond donors (Lipinski definition) is 2. The fourth-order valence-electron chi connectivity index (χ4n) is 1.81. The van der Waals surface area contributed by atoms with Crippen LogP contribution < -0.4 is 11.1 Å². The van der Waals surface area contributed by atoms with E-state index in [2.05, 4.69) is 5.32 Å². The van der Waals surface area contributed by atoms with E-state index in [1.54, 1.807) is 18.2 Å². The van der Waals surface area contributed by atoms with Gasteiger partial charge in [-0.3, -0.25) is 4.79 Å². The predicted octanol–water partition coefficient (Wildman–Crippen LogP) is 2.65. The maximum absolute atomic E-state index is 13.4. The highest BCUT2D eigenvalue weighted by atomic mass is 19.1. The summed E-state index contributed by atoms with van der Waals surface area (Å²) in [5.74, 6) is -0.954. The number of benzene rings is 2. The number of hydrogen-bond acceptors (Lipinski definition) is 2. The summed E-state index contributed by atoms with van der Waals surface area (Å²) in [4.78, 5) is 11.9. The second-order valence-electron chi connectivity index (χ2n) is 4.29. The van der Waals surface area contributed by atoms with Gasteiger partial charge in [0.1, 0.15) is 5.82 Å². The molecule has 3 N–H and O–H groups in total. The lowest BCUT2D eigenvalue weighted by Gasteiger charge is -2.10. The highest BCUT2D eigenvalue weighted by Gasteiger charge is 2.10. The van der Waals surface area contributed by atoms with E-state index in [0.717, 1.165) is 11.1 Å². The molecular weight excluding hydrogens is 243 g/mol. The Balaban J connectivity index is 2.09. The van der Waals surface area contributed by atoms with Crippen molar-refractivity contribution in [3.8, 4) is 0 Å². The SMILES string of the molecule is Cc1c(N)cccc1CNC(=O)c1ccccc1F. The molecule has 0 aliphatic carbocycles. The first-order chi connectivity index (χ1) is 9.09. The van der Waals surface area contributed by atoms with Gasteiger partial charge in [0, 0.05) is 12.2 Å². The molecule has 0 radical (unpaired) electrons. The molecule has 2 rings (SSSR count). The van der Waals surface area contributed by atoms with Crippen molar-refractivity contribution < 1.29 is 9.18 Å². The molecule has 0 aromatic heterocycles. The Morgan fingerprint density at radius 1 is 1.21 bits per heavy atom. The van der Waals surface area contributed by atoms with Crippen molar-refractivity contribution in [3.05, 3.63) is 65.0 Å². The van der Waals surface area contributed by atoms with E-state index >= 15 is 0 Å². The number of halogens is 1. The Morgan fingerprint density at radius 2 is 1.95 bits per heavy atom. The average Bonchev–Trinajstić information content (AvgIpc) is 2.40. The summed E-state index contributed by atoms with van der Waals surface area (Å²) in [5.41, 5.74) is 8.36. The van der Waals surface area contributed by atoms with Crippen molar-refractivity contribution in [3.63, 3.8) is 0 Å². The van der Waals surface area contributed by atoms with Gasteiger partial charge in [0.15, 0.2) is 0 Å².